The van der Waals surface area contributed by atoms with E-state index >= 15 is 0 Å². The van der Waals surface area contributed by atoms with Gasteiger partial charge in [-0.3, -0.25) is 19.7 Å². The Balaban J connectivity index is 1.84. The van der Waals surface area contributed by atoms with E-state index in [2.05, 4.69) is 10.6 Å². The van der Waals surface area contributed by atoms with Crippen LogP contribution < -0.4 is 10.6 Å². The van der Waals surface area contributed by atoms with Gasteiger partial charge in [-0.2, -0.15) is 0 Å². The zero-order valence-corrected chi connectivity index (χ0v) is 18.2. The number of carbonyl (C=O) groups excluding carboxylic acids is 3. The minimum Gasteiger partial charge on any atom is -0.462 e. The fraction of sp³-hybridized carbons (Fsp3) is 0.0800. The third-order valence-corrected chi connectivity index (χ3v) is 4.60. The van der Waals surface area contributed by atoms with E-state index in [0.29, 0.717) is 22.4 Å². The fourth-order valence-corrected chi connectivity index (χ4v) is 2.90. The molecule has 0 heterocycles. The average Bonchev–Trinajstić information content (AvgIpc) is 2.85. The van der Waals surface area contributed by atoms with Gasteiger partial charge >= 0.3 is 5.97 Å². The topological polar surface area (TPSA) is 128 Å². The molecule has 34 heavy (non-hydrogen) atoms. The molecule has 0 atom stereocenters. The number of hydrogen-bond acceptors (Lipinski definition) is 6. The number of nitro groups is 1. The molecule has 3 aromatic carbocycles. The lowest BCUT2D eigenvalue weighted by Crippen LogP contribution is -2.30. The third-order valence-electron chi connectivity index (χ3n) is 4.60. The van der Waals surface area contributed by atoms with Crippen LogP contribution in [0.4, 0.5) is 11.4 Å². The highest BCUT2D eigenvalue weighted by Gasteiger charge is 2.16. The molecular weight excluding hydrogens is 438 g/mol. The van der Waals surface area contributed by atoms with Crippen molar-refractivity contribution in [2.24, 2.45) is 0 Å². The van der Waals surface area contributed by atoms with Crippen LogP contribution in [0.2, 0.25) is 0 Å². The van der Waals surface area contributed by atoms with Crippen molar-refractivity contribution in [2.45, 2.75) is 6.92 Å². The van der Waals surface area contributed by atoms with Crippen molar-refractivity contribution in [3.05, 3.63) is 111 Å². The summed E-state index contributed by atoms with van der Waals surface area (Å²) in [5, 5.41) is 16.1. The molecule has 0 radical (unpaired) electrons. The second-order valence-electron chi connectivity index (χ2n) is 6.98. The highest BCUT2D eigenvalue weighted by atomic mass is 16.6. The van der Waals surface area contributed by atoms with E-state index in [-0.39, 0.29) is 18.0 Å². The number of benzene rings is 3. The Morgan fingerprint density at radius 2 is 1.56 bits per heavy atom. The Labute approximate surface area is 195 Å². The molecule has 3 rings (SSSR count). The number of amides is 2. The number of nitrogens with one attached hydrogen (secondary N) is 2. The summed E-state index contributed by atoms with van der Waals surface area (Å²) in [4.78, 5) is 47.8. The van der Waals surface area contributed by atoms with Crippen molar-refractivity contribution in [3.63, 3.8) is 0 Å². The van der Waals surface area contributed by atoms with Gasteiger partial charge in [0.2, 0.25) is 0 Å². The molecule has 0 fully saturated rings. The quantitative estimate of drug-likeness (QED) is 0.225. The molecule has 0 aromatic heterocycles. The van der Waals surface area contributed by atoms with Crippen LogP contribution in [0, 0.1) is 10.1 Å². The maximum atomic E-state index is 13.0. The van der Waals surface area contributed by atoms with Crippen LogP contribution in [-0.2, 0) is 9.53 Å². The van der Waals surface area contributed by atoms with E-state index in [4.69, 9.17) is 4.74 Å². The van der Waals surface area contributed by atoms with E-state index in [1.165, 1.54) is 54.6 Å². The van der Waals surface area contributed by atoms with Gasteiger partial charge < -0.3 is 15.4 Å². The van der Waals surface area contributed by atoms with Crippen LogP contribution in [0.25, 0.3) is 6.08 Å². The molecule has 0 bridgehead atoms. The standard InChI is InChI=1S/C25H21N3O6/c1-2-34-25(31)19-10-12-20(13-11-19)26-24(30)22(27-23(29)18-6-4-3-5-7-18)16-17-8-14-21(15-9-17)28(32)33/h3-16H,2H2,1H3,(H,26,30)(H,27,29). The number of non-ortho nitro benzene ring substituents is 1. The number of anilines is 1. The van der Waals surface area contributed by atoms with Crippen LogP contribution in [0.1, 0.15) is 33.2 Å². The molecule has 9 nitrogen and oxygen atoms in total. The second-order valence-corrected chi connectivity index (χ2v) is 6.98. The molecule has 3 aromatic rings. The highest BCUT2D eigenvalue weighted by Crippen LogP contribution is 2.16. The van der Waals surface area contributed by atoms with E-state index in [1.54, 1.807) is 37.3 Å². The molecule has 0 aliphatic heterocycles. The molecule has 0 saturated heterocycles. The predicted molar refractivity (Wildman–Crippen MR) is 126 cm³/mol. The van der Waals surface area contributed by atoms with E-state index in [0.717, 1.165) is 0 Å². The Bertz CT molecular complexity index is 1220. The van der Waals surface area contributed by atoms with Crippen molar-refractivity contribution in [2.75, 3.05) is 11.9 Å². The Morgan fingerprint density at radius 1 is 0.912 bits per heavy atom. The molecule has 0 unspecified atom stereocenters. The van der Waals surface area contributed by atoms with Gasteiger partial charge in [-0.1, -0.05) is 18.2 Å². The molecule has 2 amide bonds. The lowest BCUT2D eigenvalue weighted by Gasteiger charge is -2.12. The first kappa shape index (κ1) is 23.9. The summed E-state index contributed by atoms with van der Waals surface area (Å²) < 4.78 is 4.94. The molecule has 172 valence electrons. The van der Waals surface area contributed by atoms with Gasteiger partial charge in [-0.25, -0.2) is 4.79 Å². The van der Waals surface area contributed by atoms with Gasteiger partial charge in [-0.05, 0) is 67.1 Å². The summed E-state index contributed by atoms with van der Waals surface area (Å²) in [5.41, 5.74) is 1.38. The van der Waals surface area contributed by atoms with Crippen molar-refractivity contribution in [1.82, 2.24) is 5.32 Å². The summed E-state index contributed by atoms with van der Waals surface area (Å²) in [6, 6.07) is 20.0. The van der Waals surface area contributed by atoms with E-state index < -0.39 is 22.7 Å². The molecule has 0 aliphatic carbocycles. The first-order valence-electron chi connectivity index (χ1n) is 10.3. The molecule has 9 heteroatoms. The van der Waals surface area contributed by atoms with E-state index in [1.807, 2.05) is 0 Å². The summed E-state index contributed by atoms with van der Waals surface area (Å²) in [6.45, 7) is 1.95. The maximum Gasteiger partial charge on any atom is 0.338 e. The van der Waals surface area contributed by atoms with Gasteiger partial charge in [0.15, 0.2) is 0 Å². The van der Waals surface area contributed by atoms with Crippen LogP contribution >= 0.6 is 0 Å². The number of nitro benzene ring substituents is 1. The number of esters is 1. The van der Waals surface area contributed by atoms with Crippen LogP contribution in [0.3, 0.4) is 0 Å². The number of carbonyl (C=O) groups is 3. The maximum absolute atomic E-state index is 13.0. The van der Waals surface area contributed by atoms with Gasteiger partial charge in [0.1, 0.15) is 5.70 Å². The van der Waals surface area contributed by atoms with Crippen LogP contribution in [-0.4, -0.2) is 29.3 Å². The number of hydrogen-bond donors (Lipinski definition) is 2. The zero-order chi connectivity index (χ0) is 24.5. The minimum atomic E-state index is -0.619. The normalized spacial score (nSPS) is 10.8. The molecule has 2 N–H and O–H groups in total. The highest BCUT2D eigenvalue weighted by molar-refractivity contribution is 6.10. The van der Waals surface area contributed by atoms with Gasteiger partial charge in [0.05, 0.1) is 17.1 Å². The van der Waals surface area contributed by atoms with Gasteiger partial charge in [0.25, 0.3) is 17.5 Å². The monoisotopic (exact) mass is 459 g/mol. The van der Waals surface area contributed by atoms with Crippen LogP contribution in [0.15, 0.2) is 84.6 Å². The first-order valence-corrected chi connectivity index (χ1v) is 10.3. The predicted octanol–water partition coefficient (Wildman–Crippen LogP) is 4.18. The van der Waals surface area contributed by atoms with Crippen molar-refractivity contribution >= 4 is 35.2 Å². The van der Waals surface area contributed by atoms with Crippen molar-refractivity contribution < 1.29 is 24.0 Å². The summed E-state index contributed by atoms with van der Waals surface area (Å²) >= 11 is 0. The lowest BCUT2D eigenvalue weighted by molar-refractivity contribution is -0.384. The second kappa shape index (κ2) is 11.2. The summed E-state index contributed by atoms with van der Waals surface area (Å²) in [5.74, 6) is -1.60. The Morgan fingerprint density at radius 3 is 2.15 bits per heavy atom. The zero-order valence-electron chi connectivity index (χ0n) is 18.2. The Hall–Kier alpha value is -4.79. The summed E-state index contributed by atoms with van der Waals surface area (Å²) in [7, 11) is 0. The third kappa shape index (κ3) is 6.36. The van der Waals surface area contributed by atoms with Gasteiger partial charge in [0, 0.05) is 23.4 Å². The number of rotatable bonds is 8. The number of nitrogens with zero attached hydrogens (tertiary/aromatic N) is 1. The fourth-order valence-electron chi connectivity index (χ4n) is 2.90. The smallest absolute Gasteiger partial charge is 0.338 e. The summed E-state index contributed by atoms with van der Waals surface area (Å²) in [6.07, 6.45) is 1.41. The number of ether oxygens (including phenoxy) is 1. The van der Waals surface area contributed by atoms with E-state index in [9.17, 15) is 24.5 Å². The molecule has 0 aliphatic rings. The molecule has 0 saturated carbocycles. The minimum absolute atomic E-state index is 0.0721. The molecular formula is C25H21N3O6. The van der Waals surface area contributed by atoms with Gasteiger partial charge in [-0.15, -0.1) is 0 Å². The van der Waals surface area contributed by atoms with Crippen LogP contribution in [0.5, 0.6) is 0 Å². The molecule has 0 spiro atoms. The average molecular weight is 459 g/mol. The largest absolute Gasteiger partial charge is 0.462 e. The first-order chi connectivity index (χ1) is 16.4. The van der Waals surface area contributed by atoms with Crippen molar-refractivity contribution in [1.29, 1.82) is 0 Å². The lowest BCUT2D eigenvalue weighted by atomic mass is 10.1. The Kier molecular flexibility index (Phi) is 7.85. The SMILES string of the molecule is CCOC(=O)c1ccc(NC(=O)C(=Cc2ccc([N+](=O)[O-])cc2)NC(=O)c2ccccc2)cc1. The van der Waals surface area contributed by atoms with Crippen molar-refractivity contribution in [3.8, 4) is 0 Å².